The number of likely N-dealkylation sites (tertiary alicyclic amines) is 1. The molecular weight excluding hydrogens is 252 g/mol. The lowest BCUT2D eigenvalue weighted by Gasteiger charge is -2.31. The summed E-state index contributed by atoms with van der Waals surface area (Å²) in [6.07, 6.45) is 2.51. The lowest BCUT2D eigenvalue weighted by Crippen LogP contribution is -2.35. The van der Waals surface area contributed by atoms with E-state index in [0.717, 1.165) is 36.2 Å². The maximum atomic E-state index is 5.48. The molecule has 2 heterocycles. The van der Waals surface area contributed by atoms with Gasteiger partial charge in [-0.3, -0.25) is 0 Å². The van der Waals surface area contributed by atoms with E-state index in [2.05, 4.69) is 32.5 Å². The third-order valence-corrected chi connectivity index (χ3v) is 4.11. The standard InChI is InChI=1S/C14H26N6/c1-4-20-7-5-12(6-8-20)9-16-13-10(2)14(19-15)18-11(3)17-13/h12H,4-9,15H2,1-3H3,(H2,16,17,18,19). The van der Waals surface area contributed by atoms with Crippen LogP contribution in [0.25, 0.3) is 0 Å². The molecule has 1 fully saturated rings. The number of anilines is 2. The average Bonchev–Trinajstić information content (AvgIpc) is 2.48. The molecule has 1 aliphatic rings. The second-order valence-electron chi connectivity index (χ2n) is 5.50. The first kappa shape index (κ1) is 15.0. The summed E-state index contributed by atoms with van der Waals surface area (Å²) in [5, 5.41) is 3.47. The molecule has 0 radical (unpaired) electrons. The molecule has 0 amide bonds. The van der Waals surface area contributed by atoms with Crippen molar-refractivity contribution in [1.29, 1.82) is 0 Å². The monoisotopic (exact) mass is 278 g/mol. The quantitative estimate of drug-likeness (QED) is 0.560. The van der Waals surface area contributed by atoms with Gasteiger partial charge in [-0.2, -0.15) is 0 Å². The highest BCUT2D eigenvalue weighted by Gasteiger charge is 2.18. The Morgan fingerprint density at radius 2 is 1.85 bits per heavy atom. The third-order valence-electron chi connectivity index (χ3n) is 4.11. The average molecular weight is 278 g/mol. The lowest BCUT2D eigenvalue weighted by atomic mass is 9.97. The number of nitrogens with two attached hydrogens (primary N) is 1. The minimum Gasteiger partial charge on any atom is -0.369 e. The van der Waals surface area contributed by atoms with Gasteiger partial charge < -0.3 is 15.6 Å². The van der Waals surface area contributed by atoms with E-state index in [-0.39, 0.29) is 0 Å². The molecule has 0 aliphatic carbocycles. The molecule has 1 aromatic rings. The number of hydrogen-bond donors (Lipinski definition) is 3. The van der Waals surface area contributed by atoms with E-state index in [0.29, 0.717) is 5.82 Å². The molecule has 0 atom stereocenters. The number of rotatable bonds is 5. The molecule has 1 saturated heterocycles. The first-order valence-corrected chi connectivity index (χ1v) is 7.42. The molecule has 20 heavy (non-hydrogen) atoms. The van der Waals surface area contributed by atoms with Crippen LogP contribution >= 0.6 is 0 Å². The highest BCUT2D eigenvalue weighted by molar-refractivity contribution is 5.56. The number of aryl methyl sites for hydroxylation is 1. The van der Waals surface area contributed by atoms with Crippen LogP contribution in [-0.2, 0) is 0 Å². The van der Waals surface area contributed by atoms with Crippen molar-refractivity contribution < 1.29 is 0 Å². The summed E-state index contributed by atoms with van der Waals surface area (Å²) in [6.45, 7) is 10.6. The van der Waals surface area contributed by atoms with Gasteiger partial charge >= 0.3 is 0 Å². The summed E-state index contributed by atoms with van der Waals surface area (Å²) in [5.41, 5.74) is 3.61. The van der Waals surface area contributed by atoms with Crippen molar-refractivity contribution in [3.8, 4) is 0 Å². The van der Waals surface area contributed by atoms with Gasteiger partial charge in [0.05, 0.1) is 0 Å². The summed E-state index contributed by atoms with van der Waals surface area (Å²) in [7, 11) is 0. The van der Waals surface area contributed by atoms with E-state index >= 15 is 0 Å². The number of nitrogens with one attached hydrogen (secondary N) is 2. The van der Waals surface area contributed by atoms with Crippen molar-refractivity contribution in [2.75, 3.05) is 36.9 Å². The molecular formula is C14H26N6. The van der Waals surface area contributed by atoms with Gasteiger partial charge in [-0.1, -0.05) is 6.92 Å². The number of nitrogen functional groups attached to an aromatic ring is 1. The fourth-order valence-corrected chi connectivity index (χ4v) is 2.69. The second-order valence-corrected chi connectivity index (χ2v) is 5.50. The molecule has 6 nitrogen and oxygen atoms in total. The largest absolute Gasteiger partial charge is 0.369 e. The first-order valence-electron chi connectivity index (χ1n) is 7.42. The Kier molecular flexibility index (Phi) is 5.14. The van der Waals surface area contributed by atoms with Crippen molar-refractivity contribution in [2.24, 2.45) is 11.8 Å². The molecule has 4 N–H and O–H groups in total. The topological polar surface area (TPSA) is 79.1 Å². The zero-order valence-electron chi connectivity index (χ0n) is 12.7. The molecule has 0 unspecified atom stereocenters. The minimum absolute atomic E-state index is 0.695. The predicted octanol–water partition coefficient (Wildman–Crippen LogP) is 1.52. The molecule has 0 spiro atoms. The first-order chi connectivity index (χ1) is 9.63. The zero-order valence-corrected chi connectivity index (χ0v) is 12.7. The van der Waals surface area contributed by atoms with Gasteiger partial charge in [-0.25, -0.2) is 15.8 Å². The zero-order chi connectivity index (χ0) is 14.5. The van der Waals surface area contributed by atoms with E-state index in [1.807, 2.05) is 13.8 Å². The van der Waals surface area contributed by atoms with Crippen molar-refractivity contribution in [2.45, 2.75) is 33.6 Å². The van der Waals surface area contributed by atoms with Gasteiger partial charge in [0.25, 0.3) is 0 Å². The van der Waals surface area contributed by atoms with Crippen molar-refractivity contribution in [1.82, 2.24) is 14.9 Å². The van der Waals surface area contributed by atoms with Gasteiger partial charge in [0.2, 0.25) is 0 Å². The van der Waals surface area contributed by atoms with Gasteiger partial charge in [0.1, 0.15) is 17.5 Å². The van der Waals surface area contributed by atoms with Crippen LogP contribution in [0.2, 0.25) is 0 Å². The summed E-state index contributed by atoms with van der Waals surface area (Å²) in [6, 6.07) is 0. The smallest absolute Gasteiger partial charge is 0.148 e. The highest BCUT2D eigenvalue weighted by atomic mass is 15.3. The van der Waals surface area contributed by atoms with E-state index in [9.17, 15) is 0 Å². The van der Waals surface area contributed by atoms with E-state index in [1.165, 1.54) is 25.9 Å². The Balaban J connectivity index is 1.93. The number of hydrazine groups is 1. The fraction of sp³-hybridized carbons (Fsp3) is 0.714. The maximum Gasteiger partial charge on any atom is 0.148 e. The molecule has 0 bridgehead atoms. The molecule has 0 aromatic carbocycles. The van der Waals surface area contributed by atoms with Crippen LogP contribution in [0.15, 0.2) is 0 Å². The van der Waals surface area contributed by atoms with Crippen LogP contribution in [0.4, 0.5) is 11.6 Å². The maximum absolute atomic E-state index is 5.48. The summed E-state index contributed by atoms with van der Waals surface area (Å²) in [5.74, 6) is 8.52. The fourth-order valence-electron chi connectivity index (χ4n) is 2.69. The Labute approximate surface area is 121 Å². The molecule has 2 rings (SSSR count). The van der Waals surface area contributed by atoms with Gasteiger partial charge in [0, 0.05) is 12.1 Å². The molecule has 1 aromatic heterocycles. The predicted molar refractivity (Wildman–Crippen MR) is 82.6 cm³/mol. The van der Waals surface area contributed by atoms with Gasteiger partial charge in [-0.15, -0.1) is 0 Å². The Morgan fingerprint density at radius 3 is 2.45 bits per heavy atom. The van der Waals surface area contributed by atoms with Crippen LogP contribution in [0.5, 0.6) is 0 Å². The normalized spacial score (nSPS) is 17.2. The molecule has 1 aliphatic heterocycles. The van der Waals surface area contributed by atoms with Crippen LogP contribution in [0.1, 0.15) is 31.2 Å². The van der Waals surface area contributed by atoms with E-state index in [4.69, 9.17) is 5.84 Å². The van der Waals surface area contributed by atoms with Crippen LogP contribution < -0.4 is 16.6 Å². The van der Waals surface area contributed by atoms with Crippen LogP contribution in [-0.4, -0.2) is 41.0 Å². The number of piperidine rings is 1. The molecule has 112 valence electrons. The Morgan fingerprint density at radius 1 is 1.20 bits per heavy atom. The van der Waals surface area contributed by atoms with Crippen molar-refractivity contribution in [3.63, 3.8) is 0 Å². The van der Waals surface area contributed by atoms with E-state index < -0.39 is 0 Å². The molecule has 0 saturated carbocycles. The minimum atomic E-state index is 0.695. The van der Waals surface area contributed by atoms with Gasteiger partial charge in [-0.05, 0) is 52.2 Å². The molecule has 6 heteroatoms. The van der Waals surface area contributed by atoms with Crippen molar-refractivity contribution >= 4 is 11.6 Å². The van der Waals surface area contributed by atoms with Crippen molar-refractivity contribution in [3.05, 3.63) is 11.4 Å². The van der Waals surface area contributed by atoms with Crippen LogP contribution in [0.3, 0.4) is 0 Å². The van der Waals surface area contributed by atoms with Gasteiger partial charge in [0.15, 0.2) is 0 Å². The lowest BCUT2D eigenvalue weighted by molar-refractivity contribution is 0.198. The Bertz CT molecular complexity index is 440. The number of aromatic nitrogens is 2. The SMILES string of the molecule is CCN1CCC(CNc2nc(C)nc(NN)c2C)CC1. The second kappa shape index (κ2) is 6.85. The summed E-state index contributed by atoms with van der Waals surface area (Å²) >= 11 is 0. The third kappa shape index (κ3) is 3.58. The summed E-state index contributed by atoms with van der Waals surface area (Å²) < 4.78 is 0. The van der Waals surface area contributed by atoms with Crippen LogP contribution in [0, 0.1) is 19.8 Å². The highest BCUT2D eigenvalue weighted by Crippen LogP contribution is 2.21. The number of hydrogen-bond acceptors (Lipinski definition) is 6. The number of nitrogens with zero attached hydrogens (tertiary/aromatic N) is 3. The summed E-state index contributed by atoms with van der Waals surface area (Å²) in [4.78, 5) is 11.2. The Hall–Kier alpha value is -1.40. The van der Waals surface area contributed by atoms with E-state index in [1.54, 1.807) is 0 Å².